The molecule has 8 heteroatoms. The number of hydrogen-bond donors (Lipinski definition) is 2. The molecule has 0 spiro atoms. The van der Waals surface area contributed by atoms with E-state index in [2.05, 4.69) is 25.9 Å². The van der Waals surface area contributed by atoms with Gasteiger partial charge in [0.2, 0.25) is 11.8 Å². The predicted molar refractivity (Wildman–Crippen MR) is 80.3 cm³/mol. The number of benzene rings is 1. The van der Waals surface area contributed by atoms with Crippen LogP contribution in [0.2, 0.25) is 0 Å². The van der Waals surface area contributed by atoms with Crippen molar-refractivity contribution in [2.45, 2.75) is 6.92 Å². The Balaban J connectivity index is 1.64. The molecule has 0 aliphatic heterocycles. The largest absolute Gasteiger partial charge is 0.421 e. The fourth-order valence-electron chi connectivity index (χ4n) is 1.89. The number of hydrogen-bond acceptors (Lipinski definition) is 5. The Morgan fingerprint density at radius 1 is 1.14 bits per heavy atom. The maximum Gasteiger partial charge on any atom is 0.323 e. The lowest BCUT2D eigenvalue weighted by Crippen LogP contribution is -2.19. The van der Waals surface area contributed by atoms with E-state index in [1.54, 1.807) is 55.3 Å². The molecule has 22 heavy (non-hydrogen) atoms. The Kier molecular flexibility index (Phi) is 3.57. The van der Waals surface area contributed by atoms with Gasteiger partial charge in [-0.25, -0.2) is 4.79 Å². The second kappa shape index (κ2) is 5.68. The van der Waals surface area contributed by atoms with Crippen LogP contribution in [0, 0.1) is 6.92 Å². The quantitative estimate of drug-likeness (QED) is 0.773. The zero-order valence-electron chi connectivity index (χ0n) is 12.1. The van der Waals surface area contributed by atoms with Crippen molar-refractivity contribution in [2.24, 2.45) is 7.05 Å². The molecule has 0 radical (unpaired) electrons. The summed E-state index contributed by atoms with van der Waals surface area (Å²) in [6.07, 6.45) is 3.28. The average Bonchev–Trinajstić information content (AvgIpc) is 3.08. The molecule has 3 aromatic rings. The van der Waals surface area contributed by atoms with E-state index >= 15 is 0 Å². The molecule has 0 fully saturated rings. The van der Waals surface area contributed by atoms with Crippen molar-refractivity contribution in [3.63, 3.8) is 0 Å². The van der Waals surface area contributed by atoms with E-state index in [0.29, 0.717) is 23.2 Å². The van der Waals surface area contributed by atoms with Crippen LogP contribution in [-0.4, -0.2) is 26.0 Å². The normalized spacial score (nSPS) is 10.5. The minimum atomic E-state index is -0.339. The summed E-state index contributed by atoms with van der Waals surface area (Å²) in [6.45, 7) is 1.73. The first-order valence-corrected chi connectivity index (χ1v) is 6.57. The molecule has 3 rings (SSSR count). The lowest BCUT2D eigenvalue weighted by Gasteiger charge is -2.06. The number of aromatic nitrogens is 4. The number of nitrogens with one attached hydrogen (secondary N) is 2. The number of urea groups is 1. The molecule has 2 N–H and O–H groups in total. The second-order valence-electron chi connectivity index (χ2n) is 4.69. The van der Waals surface area contributed by atoms with E-state index in [1.807, 2.05) is 0 Å². The number of nitrogens with zero attached hydrogens (tertiary/aromatic N) is 4. The molecule has 0 unspecified atom stereocenters. The van der Waals surface area contributed by atoms with Crippen molar-refractivity contribution >= 4 is 17.4 Å². The van der Waals surface area contributed by atoms with Crippen LogP contribution in [0.5, 0.6) is 0 Å². The van der Waals surface area contributed by atoms with Crippen molar-refractivity contribution in [3.05, 3.63) is 42.5 Å². The van der Waals surface area contributed by atoms with E-state index in [1.165, 1.54) is 0 Å². The predicted octanol–water partition coefficient (Wildman–Crippen LogP) is 2.42. The maximum absolute atomic E-state index is 11.8. The van der Waals surface area contributed by atoms with Crippen LogP contribution in [0.25, 0.3) is 11.5 Å². The topological polar surface area (TPSA) is 97.9 Å². The van der Waals surface area contributed by atoms with Gasteiger partial charge in [0.1, 0.15) is 0 Å². The molecular formula is C14H14N6O2. The zero-order valence-corrected chi connectivity index (χ0v) is 12.1. The molecule has 2 heterocycles. The van der Waals surface area contributed by atoms with E-state index in [4.69, 9.17) is 4.42 Å². The molecule has 0 aliphatic rings. The molecule has 2 aromatic heterocycles. The average molecular weight is 298 g/mol. The highest BCUT2D eigenvalue weighted by Gasteiger charge is 2.07. The van der Waals surface area contributed by atoms with Crippen molar-refractivity contribution in [3.8, 4) is 11.5 Å². The molecule has 0 saturated heterocycles. The number of anilines is 2. The van der Waals surface area contributed by atoms with Gasteiger partial charge >= 0.3 is 6.03 Å². The van der Waals surface area contributed by atoms with Crippen molar-refractivity contribution in [1.82, 2.24) is 20.0 Å². The molecular weight excluding hydrogens is 284 g/mol. The minimum Gasteiger partial charge on any atom is -0.421 e. The van der Waals surface area contributed by atoms with E-state index in [0.717, 1.165) is 5.56 Å². The first-order valence-electron chi connectivity index (χ1n) is 6.57. The fourth-order valence-corrected chi connectivity index (χ4v) is 1.89. The fraction of sp³-hybridized carbons (Fsp3) is 0.143. The highest BCUT2D eigenvalue weighted by Crippen LogP contribution is 2.20. The van der Waals surface area contributed by atoms with Gasteiger partial charge in [0.15, 0.2) is 0 Å². The van der Waals surface area contributed by atoms with Gasteiger partial charge in [-0.15, -0.1) is 10.2 Å². The van der Waals surface area contributed by atoms with Crippen LogP contribution in [0.3, 0.4) is 0 Å². The maximum atomic E-state index is 11.8. The Labute approximate surface area is 126 Å². The van der Waals surface area contributed by atoms with Gasteiger partial charge in [-0.05, 0) is 24.3 Å². The van der Waals surface area contributed by atoms with E-state index in [9.17, 15) is 4.79 Å². The summed E-state index contributed by atoms with van der Waals surface area (Å²) in [5.41, 5.74) is 2.07. The molecule has 0 bridgehead atoms. The van der Waals surface area contributed by atoms with Crippen molar-refractivity contribution in [2.75, 3.05) is 10.6 Å². The Morgan fingerprint density at radius 3 is 2.45 bits per heavy atom. The van der Waals surface area contributed by atoms with Crippen LogP contribution < -0.4 is 10.6 Å². The van der Waals surface area contributed by atoms with Crippen LogP contribution in [0.1, 0.15) is 5.89 Å². The molecule has 0 aliphatic carbocycles. The van der Waals surface area contributed by atoms with Gasteiger partial charge < -0.3 is 15.1 Å². The zero-order chi connectivity index (χ0) is 15.5. The summed E-state index contributed by atoms with van der Waals surface area (Å²) < 4.78 is 6.95. The minimum absolute atomic E-state index is 0.339. The number of carbonyl (C=O) groups excluding carboxylic acids is 1. The first kappa shape index (κ1) is 13.8. The number of aryl methyl sites for hydroxylation is 2. The standard InChI is InChI=1S/C14H14N6O2/c1-9-18-19-13(22-9)10-3-5-11(6-4-10)16-14(21)17-12-7-15-20(2)8-12/h3-8H,1-2H3,(H2,16,17,21). The van der Waals surface area contributed by atoms with Gasteiger partial charge in [-0.1, -0.05) is 0 Å². The summed E-state index contributed by atoms with van der Waals surface area (Å²) in [7, 11) is 1.78. The third kappa shape index (κ3) is 3.11. The Bertz CT molecular complexity index is 790. The summed E-state index contributed by atoms with van der Waals surface area (Å²) in [4.78, 5) is 11.8. The summed E-state index contributed by atoms with van der Waals surface area (Å²) >= 11 is 0. The first-order chi connectivity index (χ1) is 10.6. The molecule has 2 amide bonds. The Hall–Kier alpha value is -3.16. The third-order valence-corrected chi connectivity index (χ3v) is 2.88. The molecule has 0 saturated carbocycles. The lowest BCUT2D eigenvalue weighted by molar-refractivity contribution is 0.262. The summed E-state index contributed by atoms with van der Waals surface area (Å²) in [6, 6.07) is 6.78. The van der Waals surface area contributed by atoms with Gasteiger partial charge in [0.25, 0.3) is 0 Å². The highest BCUT2D eigenvalue weighted by atomic mass is 16.4. The van der Waals surface area contributed by atoms with E-state index in [-0.39, 0.29) is 6.03 Å². The van der Waals surface area contributed by atoms with Crippen LogP contribution in [0.15, 0.2) is 41.1 Å². The van der Waals surface area contributed by atoms with Gasteiger partial charge in [-0.2, -0.15) is 5.10 Å². The second-order valence-corrected chi connectivity index (χ2v) is 4.69. The van der Waals surface area contributed by atoms with Crippen LogP contribution in [-0.2, 0) is 7.05 Å². The summed E-state index contributed by atoms with van der Waals surface area (Å²) in [5, 5.41) is 17.1. The monoisotopic (exact) mass is 298 g/mol. The summed E-state index contributed by atoms with van der Waals surface area (Å²) in [5.74, 6) is 0.955. The van der Waals surface area contributed by atoms with E-state index < -0.39 is 0 Å². The smallest absolute Gasteiger partial charge is 0.323 e. The molecule has 0 atom stereocenters. The van der Waals surface area contributed by atoms with Crippen molar-refractivity contribution < 1.29 is 9.21 Å². The number of carbonyl (C=O) groups is 1. The van der Waals surface area contributed by atoms with Gasteiger partial charge in [0.05, 0.1) is 11.9 Å². The van der Waals surface area contributed by atoms with Crippen LogP contribution >= 0.6 is 0 Å². The molecule has 1 aromatic carbocycles. The number of rotatable bonds is 3. The van der Waals surface area contributed by atoms with Crippen LogP contribution in [0.4, 0.5) is 16.2 Å². The SMILES string of the molecule is Cc1nnc(-c2ccc(NC(=O)Nc3cnn(C)c3)cc2)o1. The molecule has 112 valence electrons. The van der Waals surface area contributed by atoms with Crippen molar-refractivity contribution in [1.29, 1.82) is 0 Å². The highest BCUT2D eigenvalue weighted by molar-refractivity contribution is 5.99. The van der Waals surface area contributed by atoms with Gasteiger partial charge in [-0.3, -0.25) is 4.68 Å². The Morgan fingerprint density at radius 2 is 1.86 bits per heavy atom. The lowest BCUT2D eigenvalue weighted by atomic mass is 10.2. The third-order valence-electron chi connectivity index (χ3n) is 2.88. The molecule has 8 nitrogen and oxygen atoms in total. The van der Waals surface area contributed by atoms with Gasteiger partial charge in [0, 0.05) is 31.4 Å². The number of amides is 2.